The van der Waals surface area contributed by atoms with Crippen LogP contribution >= 0.6 is 11.8 Å². The number of nitrogens with zero attached hydrogens (tertiary/aromatic N) is 2. The molecule has 1 aliphatic heterocycles. The first-order valence-electron chi connectivity index (χ1n) is 8.79. The Morgan fingerprint density at radius 1 is 1.22 bits per heavy atom. The van der Waals surface area contributed by atoms with Gasteiger partial charge in [0.2, 0.25) is 5.91 Å². The molecule has 0 spiro atoms. The van der Waals surface area contributed by atoms with Gasteiger partial charge in [-0.2, -0.15) is 0 Å². The van der Waals surface area contributed by atoms with E-state index in [9.17, 15) is 9.59 Å². The van der Waals surface area contributed by atoms with Crippen LogP contribution in [0.15, 0.2) is 9.95 Å². The number of nitrogens with one attached hydrogen (secondary N) is 1. The molecule has 1 atom stereocenters. The van der Waals surface area contributed by atoms with E-state index in [1.165, 1.54) is 19.3 Å². The molecule has 0 saturated heterocycles. The molecule has 0 bridgehead atoms. The lowest BCUT2D eigenvalue weighted by Crippen LogP contribution is -2.38. The number of amides is 1. The zero-order valence-corrected chi connectivity index (χ0v) is 14.2. The van der Waals surface area contributed by atoms with Crippen LogP contribution in [0, 0.1) is 0 Å². The van der Waals surface area contributed by atoms with Crippen LogP contribution in [-0.2, 0) is 17.6 Å². The average molecular weight is 333 g/mol. The fourth-order valence-electron chi connectivity index (χ4n) is 4.05. The van der Waals surface area contributed by atoms with E-state index < -0.39 is 0 Å². The van der Waals surface area contributed by atoms with Gasteiger partial charge < -0.3 is 5.32 Å². The van der Waals surface area contributed by atoms with Crippen molar-refractivity contribution in [3.05, 3.63) is 21.6 Å². The van der Waals surface area contributed by atoms with E-state index in [0.717, 1.165) is 54.3 Å². The molecule has 5 nitrogen and oxygen atoms in total. The van der Waals surface area contributed by atoms with Gasteiger partial charge in [-0.1, -0.05) is 31.0 Å². The van der Waals surface area contributed by atoms with E-state index in [0.29, 0.717) is 12.5 Å². The highest BCUT2D eigenvalue weighted by molar-refractivity contribution is 7.99. The Balaban J connectivity index is 1.48. The van der Waals surface area contributed by atoms with Gasteiger partial charge in [-0.15, -0.1) is 0 Å². The lowest BCUT2D eigenvalue weighted by molar-refractivity contribution is -0.122. The van der Waals surface area contributed by atoms with Crippen LogP contribution in [0.1, 0.15) is 62.2 Å². The minimum Gasteiger partial charge on any atom is -0.353 e. The first-order chi connectivity index (χ1) is 11.2. The normalized spacial score (nSPS) is 23.6. The highest BCUT2D eigenvalue weighted by atomic mass is 32.2. The first kappa shape index (κ1) is 15.2. The predicted molar refractivity (Wildman–Crippen MR) is 89.9 cm³/mol. The number of hydrogen-bond donors (Lipinski definition) is 1. The molecule has 3 aliphatic rings. The van der Waals surface area contributed by atoms with E-state index in [2.05, 4.69) is 10.3 Å². The van der Waals surface area contributed by atoms with Gasteiger partial charge in [0, 0.05) is 23.8 Å². The van der Waals surface area contributed by atoms with Crippen molar-refractivity contribution in [1.29, 1.82) is 0 Å². The maximum atomic E-state index is 12.7. The Bertz CT molecular complexity index is 679. The Labute approximate surface area is 140 Å². The molecular weight excluding hydrogens is 310 g/mol. The number of thioether (sulfide) groups is 1. The summed E-state index contributed by atoms with van der Waals surface area (Å²) < 4.78 is 1.79. The van der Waals surface area contributed by atoms with Crippen molar-refractivity contribution in [2.24, 2.45) is 0 Å². The lowest BCUT2D eigenvalue weighted by atomic mass is 9.95. The molecule has 1 fully saturated rings. The third-order valence-electron chi connectivity index (χ3n) is 5.26. The molecule has 1 N–H and O–H groups in total. The van der Waals surface area contributed by atoms with E-state index >= 15 is 0 Å². The van der Waals surface area contributed by atoms with Crippen molar-refractivity contribution in [2.75, 3.05) is 5.75 Å². The molecule has 1 aromatic rings. The molecule has 1 saturated carbocycles. The summed E-state index contributed by atoms with van der Waals surface area (Å²) in [5, 5.41) is 3.98. The third kappa shape index (κ3) is 2.93. The molecule has 0 radical (unpaired) electrons. The Morgan fingerprint density at radius 2 is 2.04 bits per heavy atom. The number of hydrogen-bond acceptors (Lipinski definition) is 4. The monoisotopic (exact) mass is 333 g/mol. The minimum atomic E-state index is -0.0375. The van der Waals surface area contributed by atoms with Crippen molar-refractivity contribution in [3.8, 4) is 0 Å². The number of aromatic nitrogens is 2. The van der Waals surface area contributed by atoms with Gasteiger partial charge in [0.15, 0.2) is 5.16 Å². The van der Waals surface area contributed by atoms with Crippen LogP contribution in [0.25, 0.3) is 0 Å². The summed E-state index contributed by atoms with van der Waals surface area (Å²) in [6, 6.07) is 0.295. The molecular formula is C17H23N3O2S. The largest absolute Gasteiger partial charge is 0.353 e. The smallest absolute Gasteiger partial charge is 0.257 e. The lowest BCUT2D eigenvalue weighted by Gasteiger charge is -2.23. The van der Waals surface area contributed by atoms with Crippen molar-refractivity contribution in [1.82, 2.24) is 14.9 Å². The number of fused-ring (bicyclic) bond motifs is 2. The standard InChI is InChI=1S/C17H23N3O2S/c21-15(18-11-5-2-1-3-6-11)9-12-10-23-17-19-14-8-4-7-13(14)16(22)20(12)17/h11-12H,1-10H2,(H,18,21). The summed E-state index contributed by atoms with van der Waals surface area (Å²) in [6.45, 7) is 0. The van der Waals surface area contributed by atoms with E-state index in [1.54, 1.807) is 16.3 Å². The fourth-order valence-corrected chi connectivity index (χ4v) is 5.20. The quantitative estimate of drug-likeness (QED) is 0.862. The molecule has 6 heteroatoms. The van der Waals surface area contributed by atoms with Crippen LogP contribution in [0.5, 0.6) is 0 Å². The predicted octanol–water partition coefficient (Wildman–Crippen LogP) is 2.22. The van der Waals surface area contributed by atoms with Crippen LogP contribution in [-0.4, -0.2) is 27.3 Å². The van der Waals surface area contributed by atoms with E-state index in [-0.39, 0.29) is 17.5 Å². The molecule has 23 heavy (non-hydrogen) atoms. The minimum absolute atomic E-state index is 0.0375. The fraction of sp³-hybridized carbons (Fsp3) is 0.706. The Kier molecular flexibility index (Phi) is 4.18. The van der Waals surface area contributed by atoms with Crippen LogP contribution in [0.4, 0.5) is 0 Å². The number of carbonyl (C=O) groups excluding carboxylic acids is 1. The highest BCUT2D eigenvalue weighted by Crippen LogP contribution is 2.34. The van der Waals surface area contributed by atoms with Gasteiger partial charge in [-0.05, 0) is 32.1 Å². The Hall–Kier alpha value is -1.30. The second kappa shape index (κ2) is 6.30. The molecule has 4 rings (SSSR count). The topological polar surface area (TPSA) is 64.0 Å². The zero-order chi connectivity index (χ0) is 15.8. The molecule has 1 aromatic heterocycles. The maximum absolute atomic E-state index is 12.7. The van der Waals surface area contributed by atoms with Gasteiger partial charge in [-0.25, -0.2) is 4.98 Å². The summed E-state index contributed by atoms with van der Waals surface area (Å²) >= 11 is 1.62. The van der Waals surface area contributed by atoms with Crippen molar-refractivity contribution in [2.45, 2.75) is 75.0 Å². The first-order valence-corrected chi connectivity index (χ1v) is 9.77. The SMILES string of the molecule is O=C(CC1CSc2nc3c(c(=O)n21)CCC3)NC1CCCCC1. The molecule has 2 aliphatic carbocycles. The van der Waals surface area contributed by atoms with Crippen molar-refractivity contribution in [3.63, 3.8) is 0 Å². The van der Waals surface area contributed by atoms with Crippen molar-refractivity contribution < 1.29 is 4.79 Å². The van der Waals surface area contributed by atoms with Gasteiger partial charge in [0.1, 0.15) is 0 Å². The summed E-state index contributed by atoms with van der Waals surface area (Å²) in [5.41, 5.74) is 1.97. The van der Waals surface area contributed by atoms with Crippen LogP contribution in [0.3, 0.4) is 0 Å². The number of carbonyl (C=O) groups is 1. The van der Waals surface area contributed by atoms with Crippen molar-refractivity contribution >= 4 is 17.7 Å². The average Bonchev–Trinajstić information content (AvgIpc) is 3.16. The van der Waals surface area contributed by atoms with Gasteiger partial charge in [-0.3, -0.25) is 14.2 Å². The Morgan fingerprint density at radius 3 is 2.87 bits per heavy atom. The number of aryl methyl sites for hydroxylation is 1. The molecule has 2 heterocycles. The third-order valence-corrected chi connectivity index (χ3v) is 6.36. The summed E-state index contributed by atoms with van der Waals surface area (Å²) in [5.74, 6) is 0.867. The second-order valence-electron chi connectivity index (χ2n) is 6.92. The highest BCUT2D eigenvalue weighted by Gasteiger charge is 2.31. The van der Waals surface area contributed by atoms with Gasteiger partial charge in [0.25, 0.3) is 5.56 Å². The molecule has 1 unspecified atom stereocenters. The summed E-state index contributed by atoms with van der Waals surface area (Å²) in [7, 11) is 0. The number of rotatable bonds is 3. The summed E-state index contributed by atoms with van der Waals surface area (Å²) in [6.07, 6.45) is 9.08. The van der Waals surface area contributed by atoms with Gasteiger partial charge >= 0.3 is 0 Å². The molecule has 0 aromatic carbocycles. The van der Waals surface area contributed by atoms with Gasteiger partial charge in [0.05, 0.1) is 11.7 Å². The van der Waals surface area contributed by atoms with E-state index in [1.807, 2.05) is 0 Å². The summed E-state index contributed by atoms with van der Waals surface area (Å²) in [4.78, 5) is 29.7. The van der Waals surface area contributed by atoms with Crippen LogP contribution < -0.4 is 10.9 Å². The van der Waals surface area contributed by atoms with Crippen LogP contribution in [0.2, 0.25) is 0 Å². The molecule has 1 amide bonds. The zero-order valence-electron chi connectivity index (χ0n) is 13.3. The molecule has 124 valence electrons. The second-order valence-corrected chi connectivity index (χ2v) is 7.91. The van der Waals surface area contributed by atoms with E-state index in [4.69, 9.17) is 0 Å². The maximum Gasteiger partial charge on any atom is 0.257 e.